The second-order valence-corrected chi connectivity index (χ2v) is 7.10. The van der Waals surface area contributed by atoms with Gasteiger partial charge in [0.1, 0.15) is 5.75 Å². The minimum absolute atomic E-state index is 0.0152. The van der Waals surface area contributed by atoms with Crippen LogP contribution >= 0.6 is 11.8 Å². The van der Waals surface area contributed by atoms with E-state index in [-0.39, 0.29) is 17.1 Å². The molecule has 6 heteroatoms. The van der Waals surface area contributed by atoms with Crippen molar-refractivity contribution in [2.75, 3.05) is 12.9 Å². The van der Waals surface area contributed by atoms with Gasteiger partial charge in [-0.3, -0.25) is 14.2 Å². The Labute approximate surface area is 162 Å². The van der Waals surface area contributed by atoms with Gasteiger partial charge in [0, 0.05) is 23.6 Å². The van der Waals surface area contributed by atoms with Gasteiger partial charge in [0.15, 0.2) is 10.8 Å². The molecule has 0 aliphatic heterocycles. The maximum atomic E-state index is 12.7. The lowest BCUT2D eigenvalue weighted by atomic mass is 10.0. The Morgan fingerprint density at radius 3 is 2.56 bits per heavy atom. The van der Waals surface area contributed by atoms with Gasteiger partial charge in [-0.15, -0.1) is 0 Å². The predicted molar refractivity (Wildman–Crippen MR) is 107 cm³/mol. The number of carbonyl (C=O) groups excluding carboxylic acids is 1. The summed E-state index contributed by atoms with van der Waals surface area (Å²) in [4.78, 5) is 29.4. The third kappa shape index (κ3) is 4.28. The second kappa shape index (κ2) is 8.22. The second-order valence-electron chi connectivity index (χ2n) is 6.14. The van der Waals surface area contributed by atoms with Crippen molar-refractivity contribution in [2.24, 2.45) is 0 Å². The predicted octanol–water partition coefficient (Wildman–Crippen LogP) is 3.83. The molecule has 0 fully saturated rings. The van der Waals surface area contributed by atoms with Crippen LogP contribution in [0.4, 0.5) is 0 Å². The van der Waals surface area contributed by atoms with E-state index in [1.54, 1.807) is 43.8 Å². The molecule has 0 atom stereocenters. The number of hydrogen-bond acceptors (Lipinski definition) is 5. The van der Waals surface area contributed by atoms with Crippen LogP contribution in [0.2, 0.25) is 0 Å². The third-order valence-electron chi connectivity index (χ3n) is 4.18. The van der Waals surface area contributed by atoms with Crippen molar-refractivity contribution in [2.45, 2.75) is 18.9 Å². The normalized spacial score (nSPS) is 10.6. The maximum Gasteiger partial charge on any atom is 0.287 e. The maximum absolute atomic E-state index is 12.7. The van der Waals surface area contributed by atoms with E-state index in [0.29, 0.717) is 16.3 Å². The summed E-state index contributed by atoms with van der Waals surface area (Å²) in [7, 11) is 1.59. The lowest BCUT2D eigenvalue weighted by Gasteiger charge is -2.09. The molecule has 0 saturated heterocycles. The lowest BCUT2D eigenvalue weighted by Crippen LogP contribution is -2.21. The van der Waals surface area contributed by atoms with Crippen molar-refractivity contribution >= 4 is 17.5 Å². The summed E-state index contributed by atoms with van der Waals surface area (Å²) in [5, 5.41) is 0.298. The highest BCUT2D eigenvalue weighted by molar-refractivity contribution is 7.99. The highest BCUT2D eigenvalue weighted by Crippen LogP contribution is 2.18. The number of carbonyl (C=O) groups is 1. The molecule has 0 bridgehead atoms. The van der Waals surface area contributed by atoms with E-state index in [0.717, 1.165) is 28.6 Å². The number of hydrogen-bond donors (Lipinski definition) is 0. The standard InChI is InChI=1S/C21H20N2O3S/c1-14-4-9-18(15(2)12-14)19(24)13-27-20-21(25)23(11-10-22-20)16-5-7-17(26-3)8-6-16/h4-12H,13H2,1-3H3. The quantitative estimate of drug-likeness (QED) is 0.480. The van der Waals surface area contributed by atoms with Crippen molar-refractivity contribution in [3.05, 3.63) is 81.9 Å². The van der Waals surface area contributed by atoms with Gasteiger partial charge in [0.25, 0.3) is 5.56 Å². The van der Waals surface area contributed by atoms with E-state index >= 15 is 0 Å². The molecule has 3 rings (SSSR count). The van der Waals surface area contributed by atoms with Crippen LogP contribution in [-0.4, -0.2) is 28.2 Å². The Balaban J connectivity index is 1.79. The van der Waals surface area contributed by atoms with E-state index in [1.807, 2.05) is 32.0 Å². The zero-order valence-corrected chi connectivity index (χ0v) is 16.2. The van der Waals surface area contributed by atoms with E-state index in [4.69, 9.17) is 4.74 Å². The van der Waals surface area contributed by atoms with Crippen LogP contribution in [0.25, 0.3) is 5.69 Å². The lowest BCUT2D eigenvalue weighted by molar-refractivity contribution is 0.102. The molecular formula is C21H20N2O3S. The smallest absolute Gasteiger partial charge is 0.287 e. The fourth-order valence-electron chi connectivity index (χ4n) is 2.78. The minimum atomic E-state index is -0.249. The number of ketones is 1. The molecule has 1 heterocycles. The van der Waals surface area contributed by atoms with Gasteiger partial charge in [-0.1, -0.05) is 35.5 Å². The molecule has 0 aliphatic carbocycles. The molecule has 0 unspecified atom stereocenters. The van der Waals surface area contributed by atoms with Gasteiger partial charge in [-0.25, -0.2) is 4.98 Å². The number of nitrogens with zero attached hydrogens (tertiary/aromatic N) is 2. The van der Waals surface area contributed by atoms with Crippen LogP contribution in [0.15, 0.2) is 64.7 Å². The van der Waals surface area contributed by atoms with Crippen LogP contribution < -0.4 is 10.3 Å². The Hall–Kier alpha value is -2.86. The van der Waals surface area contributed by atoms with E-state index < -0.39 is 0 Å². The van der Waals surface area contributed by atoms with Gasteiger partial charge in [-0.2, -0.15) is 0 Å². The topological polar surface area (TPSA) is 61.2 Å². The Bertz CT molecular complexity index is 1030. The van der Waals surface area contributed by atoms with E-state index in [1.165, 1.54) is 4.57 Å². The Morgan fingerprint density at radius 2 is 1.89 bits per heavy atom. The first kappa shape index (κ1) is 18.9. The fraction of sp³-hybridized carbons (Fsp3) is 0.190. The first-order chi connectivity index (χ1) is 13.0. The molecular weight excluding hydrogens is 360 g/mol. The van der Waals surface area contributed by atoms with Crippen LogP contribution in [0, 0.1) is 13.8 Å². The summed E-state index contributed by atoms with van der Waals surface area (Å²) in [5.41, 5.74) is 3.20. The molecule has 0 aliphatic rings. The summed E-state index contributed by atoms with van der Waals surface area (Å²) in [6.07, 6.45) is 3.18. The van der Waals surface area contributed by atoms with Crippen molar-refractivity contribution in [3.63, 3.8) is 0 Å². The number of aryl methyl sites for hydroxylation is 2. The summed E-state index contributed by atoms with van der Waals surface area (Å²) in [5.74, 6) is 0.867. The summed E-state index contributed by atoms with van der Waals surface area (Å²) >= 11 is 1.16. The summed E-state index contributed by atoms with van der Waals surface area (Å²) in [6.45, 7) is 3.91. The Kier molecular flexibility index (Phi) is 5.76. The number of ether oxygens (including phenoxy) is 1. The van der Waals surface area contributed by atoms with E-state index in [9.17, 15) is 9.59 Å². The number of aromatic nitrogens is 2. The average molecular weight is 380 g/mol. The molecule has 3 aromatic rings. The molecule has 0 N–H and O–H groups in total. The van der Waals surface area contributed by atoms with Gasteiger partial charge in [0.2, 0.25) is 0 Å². The van der Waals surface area contributed by atoms with E-state index in [2.05, 4.69) is 4.98 Å². The van der Waals surface area contributed by atoms with Crippen molar-refractivity contribution in [1.29, 1.82) is 0 Å². The van der Waals surface area contributed by atoms with Gasteiger partial charge >= 0.3 is 0 Å². The van der Waals surface area contributed by atoms with Crippen LogP contribution in [0.3, 0.4) is 0 Å². The number of rotatable bonds is 6. The third-order valence-corrected chi connectivity index (χ3v) is 5.14. The van der Waals surface area contributed by atoms with Crippen LogP contribution in [-0.2, 0) is 0 Å². The van der Waals surface area contributed by atoms with Crippen molar-refractivity contribution in [3.8, 4) is 11.4 Å². The molecule has 138 valence electrons. The van der Waals surface area contributed by atoms with Gasteiger partial charge in [-0.05, 0) is 43.7 Å². The first-order valence-corrected chi connectivity index (χ1v) is 9.43. The summed E-state index contributed by atoms with van der Waals surface area (Å²) < 4.78 is 6.65. The molecule has 27 heavy (non-hydrogen) atoms. The Morgan fingerprint density at radius 1 is 1.15 bits per heavy atom. The average Bonchev–Trinajstić information content (AvgIpc) is 2.67. The monoisotopic (exact) mass is 380 g/mol. The number of benzene rings is 2. The molecule has 0 amide bonds. The van der Waals surface area contributed by atoms with Gasteiger partial charge < -0.3 is 4.74 Å². The van der Waals surface area contributed by atoms with Crippen molar-refractivity contribution < 1.29 is 9.53 Å². The van der Waals surface area contributed by atoms with Gasteiger partial charge in [0.05, 0.1) is 12.9 Å². The number of methoxy groups -OCH3 is 1. The largest absolute Gasteiger partial charge is 0.497 e. The van der Waals surface area contributed by atoms with Crippen LogP contribution in [0.1, 0.15) is 21.5 Å². The molecule has 2 aromatic carbocycles. The number of Topliss-reactive ketones (excluding diaryl/α,β-unsaturated/α-hetero) is 1. The molecule has 5 nitrogen and oxygen atoms in total. The number of thioether (sulfide) groups is 1. The SMILES string of the molecule is COc1ccc(-n2ccnc(SCC(=O)c3ccc(C)cc3C)c2=O)cc1. The van der Waals surface area contributed by atoms with Crippen LogP contribution in [0.5, 0.6) is 5.75 Å². The molecule has 1 aromatic heterocycles. The zero-order valence-electron chi connectivity index (χ0n) is 15.4. The fourth-order valence-corrected chi connectivity index (χ4v) is 3.56. The molecule has 0 saturated carbocycles. The summed E-state index contributed by atoms with van der Waals surface area (Å²) in [6, 6.07) is 12.9. The highest BCUT2D eigenvalue weighted by atomic mass is 32.2. The molecule has 0 radical (unpaired) electrons. The first-order valence-electron chi connectivity index (χ1n) is 8.45. The zero-order chi connectivity index (χ0) is 19.4. The molecule has 0 spiro atoms. The minimum Gasteiger partial charge on any atom is -0.497 e. The highest BCUT2D eigenvalue weighted by Gasteiger charge is 2.13. The van der Waals surface area contributed by atoms with Crippen molar-refractivity contribution in [1.82, 2.24) is 9.55 Å².